The van der Waals surface area contributed by atoms with Crippen LogP contribution in [0.5, 0.6) is 0 Å². The predicted octanol–water partition coefficient (Wildman–Crippen LogP) is 0.818. The maximum absolute atomic E-state index is 12.0. The zero-order valence-electron chi connectivity index (χ0n) is 12.0. The standard InChI is InChI=1S/C15H24N2O3/c1-2-20-15(19)13(16)14(18)17-12-7-8-6-11(12)10-5-3-4-9(8)10/h8-13H,2-7,16H2,1H3,(H,17,18). The van der Waals surface area contributed by atoms with Crippen molar-refractivity contribution >= 4 is 11.9 Å². The van der Waals surface area contributed by atoms with Crippen LogP contribution in [0.4, 0.5) is 0 Å². The molecular formula is C15H24N2O3. The van der Waals surface area contributed by atoms with Gasteiger partial charge in [-0.2, -0.15) is 0 Å². The van der Waals surface area contributed by atoms with Gasteiger partial charge in [-0.3, -0.25) is 4.79 Å². The Kier molecular flexibility index (Phi) is 3.71. The summed E-state index contributed by atoms with van der Waals surface area (Å²) in [5, 5.41) is 3.00. The summed E-state index contributed by atoms with van der Waals surface area (Å²) < 4.78 is 4.80. The summed E-state index contributed by atoms with van der Waals surface area (Å²) in [5.41, 5.74) is 5.64. The van der Waals surface area contributed by atoms with Crippen LogP contribution in [0.2, 0.25) is 0 Å². The molecule has 3 aliphatic rings. The molecule has 3 saturated carbocycles. The van der Waals surface area contributed by atoms with E-state index in [1.807, 2.05) is 0 Å². The second kappa shape index (κ2) is 5.35. The topological polar surface area (TPSA) is 81.4 Å². The lowest BCUT2D eigenvalue weighted by molar-refractivity contribution is -0.148. The molecule has 0 radical (unpaired) electrons. The molecule has 3 N–H and O–H groups in total. The van der Waals surface area contributed by atoms with Gasteiger partial charge in [-0.05, 0) is 56.3 Å². The van der Waals surface area contributed by atoms with Crippen LogP contribution in [-0.4, -0.2) is 30.6 Å². The first-order valence-electron chi connectivity index (χ1n) is 7.84. The number of nitrogens with two attached hydrogens (primary N) is 1. The van der Waals surface area contributed by atoms with Gasteiger partial charge in [0.25, 0.3) is 0 Å². The molecule has 6 unspecified atom stereocenters. The Labute approximate surface area is 119 Å². The van der Waals surface area contributed by atoms with E-state index < -0.39 is 12.0 Å². The van der Waals surface area contributed by atoms with E-state index in [1.165, 1.54) is 25.7 Å². The molecule has 3 aliphatic carbocycles. The van der Waals surface area contributed by atoms with E-state index in [-0.39, 0.29) is 18.6 Å². The molecule has 3 fully saturated rings. The number of nitrogens with one attached hydrogen (secondary N) is 1. The van der Waals surface area contributed by atoms with Crippen LogP contribution in [0.1, 0.15) is 39.0 Å². The number of ether oxygens (including phenoxy) is 1. The second-order valence-electron chi connectivity index (χ2n) is 6.50. The molecule has 3 rings (SSSR count). The molecule has 0 spiro atoms. The molecule has 20 heavy (non-hydrogen) atoms. The minimum atomic E-state index is -1.19. The molecule has 0 aromatic rings. The average Bonchev–Trinajstić information content (AvgIpc) is 3.09. The number of carbonyl (C=O) groups is 2. The summed E-state index contributed by atoms with van der Waals surface area (Å²) in [6, 6.07) is -0.972. The molecule has 5 nitrogen and oxygen atoms in total. The summed E-state index contributed by atoms with van der Waals surface area (Å²) >= 11 is 0. The fraction of sp³-hybridized carbons (Fsp3) is 0.867. The predicted molar refractivity (Wildman–Crippen MR) is 73.6 cm³/mol. The number of esters is 1. The third-order valence-corrected chi connectivity index (χ3v) is 5.58. The van der Waals surface area contributed by atoms with Crippen LogP contribution in [0.3, 0.4) is 0 Å². The van der Waals surface area contributed by atoms with Crippen LogP contribution < -0.4 is 11.1 Å². The lowest BCUT2D eigenvalue weighted by Gasteiger charge is -2.32. The van der Waals surface area contributed by atoms with Gasteiger partial charge < -0.3 is 15.8 Å². The minimum absolute atomic E-state index is 0.215. The monoisotopic (exact) mass is 280 g/mol. The zero-order chi connectivity index (χ0) is 14.3. The van der Waals surface area contributed by atoms with Gasteiger partial charge in [0.1, 0.15) is 0 Å². The van der Waals surface area contributed by atoms with Crippen LogP contribution in [0.25, 0.3) is 0 Å². The van der Waals surface area contributed by atoms with Gasteiger partial charge in [-0.15, -0.1) is 0 Å². The van der Waals surface area contributed by atoms with Gasteiger partial charge >= 0.3 is 5.97 Å². The largest absolute Gasteiger partial charge is 0.464 e. The Balaban J connectivity index is 1.57. The Morgan fingerprint density at radius 3 is 2.75 bits per heavy atom. The van der Waals surface area contributed by atoms with Gasteiger partial charge in [0, 0.05) is 6.04 Å². The number of hydrogen-bond acceptors (Lipinski definition) is 4. The summed E-state index contributed by atoms with van der Waals surface area (Å²) in [5.74, 6) is 2.05. The van der Waals surface area contributed by atoms with Crippen LogP contribution >= 0.6 is 0 Å². The maximum atomic E-state index is 12.0. The van der Waals surface area contributed by atoms with Crippen molar-refractivity contribution in [3.63, 3.8) is 0 Å². The lowest BCUT2D eigenvalue weighted by Crippen LogP contribution is -2.52. The van der Waals surface area contributed by atoms with Gasteiger partial charge in [0.2, 0.25) is 5.91 Å². The van der Waals surface area contributed by atoms with Crippen molar-refractivity contribution in [3.8, 4) is 0 Å². The third kappa shape index (κ3) is 2.22. The fourth-order valence-electron chi connectivity index (χ4n) is 4.85. The Bertz CT molecular complexity index is 412. The maximum Gasteiger partial charge on any atom is 0.332 e. The molecule has 2 bridgehead atoms. The summed E-state index contributed by atoms with van der Waals surface area (Å²) in [4.78, 5) is 23.5. The van der Waals surface area contributed by atoms with E-state index in [0.29, 0.717) is 5.92 Å². The number of rotatable bonds is 4. The molecular weight excluding hydrogens is 256 g/mol. The minimum Gasteiger partial charge on any atom is -0.464 e. The highest BCUT2D eigenvalue weighted by Gasteiger charge is 2.54. The van der Waals surface area contributed by atoms with Crippen molar-refractivity contribution in [3.05, 3.63) is 0 Å². The number of fused-ring (bicyclic) bond motifs is 5. The van der Waals surface area contributed by atoms with Crippen molar-refractivity contribution in [2.45, 2.75) is 51.1 Å². The van der Waals surface area contributed by atoms with Crippen molar-refractivity contribution in [1.82, 2.24) is 5.32 Å². The zero-order valence-corrected chi connectivity index (χ0v) is 12.0. The molecule has 112 valence electrons. The molecule has 0 heterocycles. The number of hydrogen-bond donors (Lipinski definition) is 2. The molecule has 1 amide bonds. The average molecular weight is 280 g/mol. The van der Waals surface area contributed by atoms with E-state index in [1.54, 1.807) is 6.92 Å². The van der Waals surface area contributed by atoms with Gasteiger partial charge in [0.05, 0.1) is 6.61 Å². The number of amides is 1. The molecule has 0 saturated heterocycles. The number of carbonyl (C=O) groups excluding carboxylic acids is 2. The Hall–Kier alpha value is -1.10. The van der Waals surface area contributed by atoms with Crippen LogP contribution in [0, 0.1) is 23.7 Å². The van der Waals surface area contributed by atoms with Crippen molar-refractivity contribution in [2.75, 3.05) is 6.61 Å². The second-order valence-corrected chi connectivity index (χ2v) is 6.50. The quantitative estimate of drug-likeness (QED) is 0.590. The molecule has 5 heteroatoms. The first kappa shape index (κ1) is 13.9. The molecule has 6 atom stereocenters. The van der Waals surface area contributed by atoms with E-state index in [9.17, 15) is 9.59 Å². The summed E-state index contributed by atoms with van der Waals surface area (Å²) in [6.45, 7) is 1.95. The van der Waals surface area contributed by atoms with E-state index in [0.717, 1.165) is 24.2 Å². The highest BCUT2D eigenvalue weighted by atomic mass is 16.5. The van der Waals surface area contributed by atoms with E-state index in [4.69, 9.17) is 10.5 Å². The summed E-state index contributed by atoms with van der Waals surface area (Å²) in [6.07, 6.45) is 6.32. The normalized spacial score (nSPS) is 39.4. The van der Waals surface area contributed by atoms with Crippen molar-refractivity contribution < 1.29 is 14.3 Å². The van der Waals surface area contributed by atoms with E-state index >= 15 is 0 Å². The van der Waals surface area contributed by atoms with Crippen LogP contribution in [0.15, 0.2) is 0 Å². The van der Waals surface area contributed by atoms with E-state index in [2.05, 4.69) is 5.32 Å². The molecule has 0 aromatic heterocycles. The fourth-order valence-corrected chi connectivity index (χ4v) is 4.85. The first-order chi connectivity index (χ1) is 9.61. The smallest absolute Gasteiger partial charge is 0.332 e. The van der Waals surface area contributed by atoms with Crippen LogP contribution in [-0.2, 0) is 14.3 Å². The lowest BCUT2D eigenvalue weighted by atomic mass is 9.79. The molecule has 0 aromatic carbocycles. The molecule has 0 aliphatic heterocycles. The van der Waals surface area contributed by atoms with Crippen molar-refractivity contribution in [2.24, 2.45) is 29.4 Å². The van der Waals surface area contributed by atoms with Gasteiger partial charge in [0.15, 0.2) is 6.04 Å². The highest BCUT2D eigenvalue weighted by molar-refractivity contribution is 6.01. The Morgan fingerprint density at radius 1 is 1.25 bits per heavy atom. The van der Waals surface area contributed by atoms with Gasteiger partial charge in [-0.25, -0.2) is 4.79 Å². The summed E-state index contributed by atoms with van der Waals surface area (Å²) in [7, 11) is 0. The van der Waals surface area contributed by atoms with Crippen molar-refractivity contribution in [1.29, 1.82) is 0 Å². The highest BCUT2D eigenvalue weighted by Crippen LogP contribution is 2.58. The SMILES string of the molecule is CCOC(=O)C(N)C(=O)NC1CC2CC1C1CCCC21. The first-order valence-corrected chi connectivity index (χ1v) is 7.84. The third-order valence-electron chi connectivity index (χ3n) is 5.58. The van der Waals surface area contributed by atoms with Gasteiger partial charge in [-0.1, -0.05) is 6.42 Å². The Morgan fingerprint density at radius 2 is 2.00 bits per heavy atom.